The van der Waals surface area contributed by atoms with E-state index in [4.69, 9.17) is 16.3 Å². The van der Waals surface area contributed by atoms with Crippen molar-refractivity contribution >= 4 is 33.2 Å². The van der Waals surface area contributed by atoms with Crippen molar-refractivity contribution in [1.82, 2.24) is 4.31 Å². The number of carbonyl (C=O) groups excluding carboxylic acids is 1. The third-order valence-electron chi connectivity index (χ3n) is 4.33. The van der Waals surface area contributed by atoms with Crippen molar-refractivity contribution in [3.05, 3.63) is 53.1 Å². The van der Waals surface area contributed by atoms with E-state index in [0.717, 1.165) is 0 Å². The average Bonchev–Trinajstić information content (AvgIpc) is 2.63. The molecule has 28 heavy (non-hydrogen) atoms. The summed E-state index contributed by atoms with van der Waals surface area (Å²) in [6.07, 6.45) is -0.439. The van der Waals surface area contributed by atoms with Crippen LogP contribution < -0.4 is 5.32 Å². The number of nitrogens with zero attached hydrogens (tertiary/aromatic N) is 1. The van der Waals surface area contributed by atoms with Gasteiger partial charge in [-0.05, 0) is 56.3 Å². The van der Waals surface area contributed by atoms with Crippen LogP contribution in [-0.4, -0.2) is 49.0 Å². The first-order valence-corrected chi connectivity index (χ1v) is 10.5. The van der Waals surface area contributed by atoms with Crippen LogP contribution in [0.5, 0.6) is 5.75 Å². The highest BCUT2D eigenvalue weighted by atomic mass is 35.5. The molecule has 0 radical (unpaired) electrons. The van der Waals surface area contributed by atoms with Crippen molar-refractivity contribution in [2.24, 2.45) is 0 Å². The Morgan fingerprint density at radius 1 is 1.14 bits per heavy atom. The molecular formula is C19H21ClN2O5S. The Kier molecular flexibility index (Phi) is 5.95. The number of phenolic OH excluding ortho intramolecular Hbond substituents is 1. The molecule has 9 heteroatoms. The number of halogens is 1. The van der Waals surface area contributed by atoms with Gasteiger partial charge < -0.3 is 15.2 Å². The first-order valence-electron chi connectivity index (χ1n) is 8.72. The maximum Gasteiger partial charge on any atom is 0.257 e. The molecule has 150 valence electrons. The fourth-order valence-electron chi connectivity index (χ4n) is 3.06. The van der Waals surface area contributed by atoms with E-state index in [2.05, 4.69) is 5.32 Å². The standard InChI is InChI=1S/C19H21ClN2O5S/c1-12-10-22(11-13(2)27-12)28(25,26)16-7-8-18(20)17(9-16)19(24)21-14-3-5-15(23)6-4-14/h3-9,12-13,23H,10-11H2,1-2H3,(H,21,24)/t12-,13-/m1/s1. The van der Waals surface area contributed by atoms with E-state index in [9.17, 15) is 18.3 Å². The molecule has 0 spiro atoms. The fraction of sp³-hybridized carbons (Fsp3) is 0.316. The quantitative estimate of drug-likeness (QED) is 0.735. The van der Waals surface area contributed by atoms with Gasteiger partial charge in [0.25, 0.3) is 5.91 Å². The molecule has 1 saturated heterocycles. The number of nitrogens with one attached hydrogen (secondary N) is 1. The molecule has 3 rings (SSSR count). The lowest BCUT2D eigenvalue weighted by Gasteiger charge is -2.34. The summed E-state index contributed by atoms with van der Waals surface area (Å²) in [4.78, 5) is 12.6. The SMILES string of the molecule is C[C@@H]1CN(S(=O)(=O)c2ccc(Cl)c(C(=O)Nc3ccc(O)cc3)c2)C[C@@H](C)O1. The maximum absolute atomic E-state index is 13.0. The highest BCUT2D eigenvalue weighted by Gasteiger charge is 2.32. The van der Waals surface area contributed by atoms with Crippen LogP contribution in [0.15, 0.2) is 47.4 Å². The number of rotatable bonds is 4. The van der Waals surface area contributed by atoms with Crippen LogP contribution in [0.2, 0.25) is 5.02 Å². The lowest BCUT2D eigenvalue weighted by molar-refractivity contribution is -0.0440. The Morgan fingerprint density at radius 2 is 1.75 bits per heavy atom. The number of morpholine rings is 1. The second-order valence-corrected chi connectivity index (χ2v) is 9.07. The summed E-state index contributed by atoms with van der Waals surface area (Å²) in [5.41, 5.74) is 0.494. The number of anilines is 1. The monoisotopic (exact) mass is 424 g/mol. The molecule has 1 heterocycles. The highest BCUT2D eigenvalue weighted by Crippen LogP contribution is 2.26. The van der Waals surface area contributed by atoms with Gasteiger partial charge >= 0.3 is 0 Å². The molecule has 1 aliphatic heterocycles. The van der Waals surface area contributed by atoms with Gasteiger partial charge in [-0.3, -0.25) is 4.79 Å². The van der Waals surface area contributed by atoms with Crippen molar-refractivity contribution in [2.75, 3.05) is 18.4 Å². The van der Waals surface area contributed by atoms with Crippen LogP contribution >= 0.6 is 11.6 Å². The normalized spacial score (nSPS) is 20.7. The molecule has 2 N–H and O–H groups in total. The Morgan fingerprint density at radius 3 is 2.36 bits per heavy atom. The number of aromatic hydroxyl groups is 1. The van der Waals surface area contributed by atoms with Crippen LogP contribution in [-0.2, 0) is 14.8 Å². The van der Waals surface area contributed by atoms with E-state index in [1.54, 1.807) is 0 Å². The zero-order chi connectivity index (χ0) is 20.5. The van der Waals surface area contributed by atoms with Crippen LogP contribution in [0.1, 0.15) is 24.2 Å². The molecule has 0 aromatic heterocycles. The summed E-state index contributed by atoms with van der Waals surface area (Å²) in [5.74, 6) is -0.477. The molecule has 2 aromatic carbocycles. The fourth-order valence-corrected chi connectivity index (χ4v) is 4.88. The smallest absolute Gasteiger partial charge is 0.257 e. The minimum Gasteiger partial charge on any atom is -0.508 e. The van der Waals surface area contributed by atoms with E-state index in [1.165, 1.54) is 46.8 Å². The van der Waals surface area contributed by atoms with Crippen LogP contribution in [0.3, 0.4) is 0 Å². The van der Waals surface area contributed by atoms with E-state index in [0.29, 0.717) is 5.69 Å². The van der Waals surface area contributed by atoms with E-state index in [-0.39, 0.29) is 46.5 Å². The number of hydrogen-bond donors (Lipinski definition) is 2. The Hall–Kier alpha value is -2.13. The van der Waals surface area contributed by atoms with Crippen molar-refractivity contribution in [3.8, 4) is 5.75 Å². The lowest BCUT2D eigenvalue weighted by atomic mass is 10.2. The molecule has 2 atom stereocenters. The van der Waals surface area contributed by atoms with Gasteiger partial charge in [0.15, 0.2) is 0 Å². The van der Waals surface area contributed by atoms with Crippen LogP contribution in [0.25, 0.3) is 0 Å². The molecule has 2 aromatic rings. The maximum atomic E-state index is 13.0. The van der Waals surface area contributed by atoms with E-state index >= 15 is 0 Å². The van der Waals surface area contributed by atoms with E-state index < -0.39 is 15.9 Å². The minimum absolute atomic E-state index is 0.00550. The average molecular weight is 425 g/mol. The highest BCUT2D eigenvalue weighted by molar-refractivity contribution is 7.89. The van der Waals surface area contributed by atoms with Crippen LogP contribution in [0, 0.1) is 0 Å². The third-order valence-corrected chi connectivity index (χ3v) is 6.49. The summed E-state index contributed by atoms with van der Waals surface area (Å²) in [7, 11) is -3.80. The van der Waals surface area contributed by atoms with Crippen molar-refractivity contribution in [3.63, 3.8) is 0 Å². The molecule has 1 amide bonds. The Balaban J connectivity index is 1.88. The summed E-state index contributed by atoms with van der Waals surface area (Å²) in [6, 6.07) is 9.97. The molecule has 1 aliphatic rings. The van der Waals surface area contributed by atoms with Crippen LogP contribution in [0.4, 0.5) is 5.69 Å². The molecule has 0 aliphatic carbocycles. The Bertz CT molecular complexity index is 968. The van der Waals surface area contributed by atoms with Crippen molar-refractivity contribution < 1.29 is 23.1 Å². The first kappa shape index (κ1) is 20.6. The van der Waals surface area contributed by atoms with Gasteiger partial charge in [-0.1, -0.05) is 11.6 Å². The molecule has 0 saturated carbocycles. The zero-order valence-corrected chi connectivity index (χ0v) is 17.0. The van der Waals surface area contributed by atoms with Gasteiger partial charge in [0, 0.05) is 18.8 Å². The summed E-state index contributed by atoms with van der Waals surface area (Å²) < 4.78 is 33.0. The molecule has 0 bridgehead atoms. The number of benzene rings is 2. The number of amides is 1. The number of sulfonamides is 1. The number of ether oxygens (including phenoxy) is 1. The molecular weight excluding hydrogens is 404 g/mol. The predicted octanol–water partition coefficient (Wildman–Crippen LogP) is 3.10. The van der Waals surface area contributed by atoms with Gasteiger partial charge in [-0.2, -0.15) is 4.31 Å². The van der Waals surface area contributed by atoms with Gasteiger partial charge in [0.05, 0.1) is 27.7 Å². The van der Waals surface area contributed by atoms with Gasteiger partial charge in [0.2, 0.25) is 10.0 Å². The molecule has 7 nitrogen and oxygen atoms in total. The molecule has 1 fully saturated rings. The zero-order valence-electron chi connectivity index (χ0n) is 15.4. The first-order chi connectivity index (χ1) is 13.2. The topological polar surface area (TPSA) is 95.9 Å². The van der Waals surface area contributed by atoms with Crippen molar-refractivity contribution in [2.45, 2.75) is 31.0 Å². The second-order valence-electron chi connectivity index (χ2n) is 6.72. The van der Waals surface area contributed by atoms with Crippen molar-refractivity contribution in [1.29, 1.82) is 0 Å². The predicted molar refractivity (Wildman–Crippen MR) is 106 cm³/mol. The third kappa shape index (κ3) is 4.47. The van der Waals surface area contributed by atoms with E-state index in [1.807, 2.05) is 13.8 Å². The summed E-state index contributed by atoms with van der Waals surface area (Å²) in [6.45, 7) is 4.11. The summed E-state index contributed by atoms with van der Waals surface area (Å²) >= 11 is 6.14. The van der Waals surface area contributed by atoms with Gasteiger partial charge in [-0.25, -0.2) is 8.42 Å². The lowest BCUT2D eigenvalue weighted by Crippen LogP contribution is -2.48. The minimum atomic E-state index is -3.80. The number of carbonyl (C=O) groups is 1. The molecule has 0 unspecified atom stereocenters. The van der Waals surface area contributed by atoms with Gasteiger partial charge in [0.1, 0.15) is 5.75 Å². The summed E-state index contributed by atoms with van der Waals surface area (Å²) in [5, 5.41) is 12.1. The second kappa shape index (κ2) is 8.08. The number of phenols is 1. The number of hydrogen-bond acceptors (Lipinski definition) is 5. The largest absolute Gasteiger partial charge is 0.508 e. The van der Waals surface area contributed by atoms with Gasteiger partial charge in [-0.15, -0.1) is 0 Å². The Labute approximate surface area is 168 Å².